The first-order chi connectivity index (χ1) is 11.4. The van der Waals surface area contributed by atoms with Gasteiger partial charge in [-0.3, -0.25) is 9.59 Å². The number of nitrogens with zero attached hydrogens (tertiary/aromatic N) is 1. The first-order valence-electron chi connectivity index (χ1n) is 8.15. The molecule has 0 saturated carbocycles. The number of nitrogens with one attached hydrogen (secondary N) is 1. The van der Waals surface area contributed by atoms with E-state index < -0.39 is 6.04 Å². The van der Waals surface area contributed by atoms with Crippen LogP contribution in [-0.4, -0.2) is 17.9 Å². The Morgan fingerprint density at radius 1 is 1.00 bits per heavy atom. The van der Waals surface area contributed by atoms with Gasteiger partial charge in [-0.25, -0.2) is 4.90 Å². The second kappa shape index (κ2) is 6.11. The number of rotatable bonds is 3. The molecule has 0 unspecified atom stereocenters. The average molecular weight is 322 g/mol. The molecule has 1 N–H and O–H groups in total. The number of hydrogen-bond acceptors (Lipinski definition) is 3. The summed E-state index contributed by atoms with van der Waals surface area (Å²) in [5, 5.41) is 3.25. The number of carbonyl (C=O) groups excluding carboxylic acids is 2. The van der Waals surface area contributed by atoms with Gasteiger partial charge in [-0.15, -0.1) is 0 Å². The van der Waals surface area contributed by atoms with Gasteiger partial charge in [0.1, 0.15) is 6.04 Å². The predicted molar refractivity (Wildman–Crippen MR) is 96.4 cm³/mol. The summed E-state index contributed by atoms with van der Waals surface area (Å²) in [6.45, 7) is 7.92. The van der Waals surface area contributed by atoms with E-state index in [1.807, 2.05) is 64.1 Å². The molecule has 1 aliphatic rings. The molecule has 1 aliphatic heterocycles. The molecule has 0 aliphatic carbocycles. The number of amides is 2. The highest BCUT2D eigenvalue weighted by molar-refractivity contribution is 6.23. The molecule has 0 bridgehead atoms. The van der Waals surface area contributed by atoms with Crippen LogP contribution in [0.2, 0.25) is 0 Å². The number of carbonyl (C=O) groups is 2. The molecule has 0 radical (unpaired) electrons. The summed E-state index contributed by atoms with van der Waals surface area (Å²) in [7, 11) is 0. The smallest absolute Gasteiger partial charge is 0.256 e. The lowest BCUT2D eigenvalue weighted by molar-refractivity contribution is -0.121. The van der Waals surface area contributed by atoms with Crippen LogP contribution in [0, 0.1) is 27.7 Å². The normalized spacial score (nSPS) is 17.5. The van der Waals surface area contributed by atoms with Crippen molar-refractivity contribution in [2.24, 2.45) is 0 Å². The van der Waals surface area contributed by atoms with E-state index in [1.54, 1.807) is 0 Å². The fourth-order valence-corrected chi connectivity index (χ4v) is 3.05. The maximum absolute atomic E-state index is 12.8. The summed E-state index contributed by atoms with van der Waals surface area (Å²) in [5.74, 6) is -0.342. The lowest BCUT2D eigenvalue weighted by Gasteiger charge is -2.19. The second-order valence-corrected chi connectivity index (χ2v) is 6.51. The zero-order valence-corrected chi connectivity index (χ0v) is 14.5. The van der Waals surface area contributed by atoms with Crippen molar-refractivity contribution in [3.8, 4) is 0 Å². The summed E-state index contributed by atoms with van der Waals surface area (Å²) in [4.78, 5) is 26.6. The van der Waals surface area contributed by atoms with Crippen LogP contribution < -0.4 is 10.2 Å². The molecule has 3 rings (SSSR count). The molecule has 2 amide bonds. The first kappa shape index (κ1) is 16.2. The van der Waals surface area contributed by atoms with E-state index in [0.717, 1.165) is 27.9 Å². The van der Waals surface area contributed by atoms with Gasteiger partial charge in [-0.05, 0) is 62.1 Å². The average Bonchev–Trinajstić information content (AvgIpc) is 2.81. The van der Waals surface area contributed by atoms with Crippen LogP contribution in [-0.2, 0) is 9.59 Å². The van der Waals surface area contributed by atoms with E-state index in [-0.39, 0.29) is 18.2 Å². The van der Waals surface area contributed by atoms with Crippen LogP contribution in [0.1, 0.15) is 28.7 Å². The quantitative estimate of drug-likeness (QED) is 0.877. The van der Waals surface area contributed by atoms with Gasteiger partial charge >= 0.3 is 0 Å². The van der Waals surface area contributed by atoms with Crippen LogP contribution in [0.15, 0.2) is 36.4 Å². The second-order valence-electron chi connectivity index (χ2n) is 6.51. The van der Waals surface area contributed by atoms with E-state index in [4.69, 9.17) is 0 Å². The van der Waals surface area contributed by atoms with Crippen LogP contribution in [0.25, 0.3) is 0 Å². The topological polar surface area (TPSA) is 49.4 Å². The largest absolute Gasteiger partial charge is 0.373 e. The Labute approximate surface area is 142 Å². The monoisotopic (exact) mass is 322 g/mol. The van der Waals surface area contributed by atoms with Crippen molar-refractivity contribution in [2.75, 3.05) is 10.2 Å². The molecule has 0 aromatic heterocycles. The van der Waals surface area contributed by atoms with Gasteiger partial charge in [0, 0.05) is 5.69 Å². The van der Waals surface area contributed by atoms with Gasteiger partial charge in [0.15, 0.2) is 0 Å². The highest BCUT2D eigenvalue weighted by Crippen LogP contribution is 2.29. The fourth-order valence-electron chi connectivity index (χ4n) is 3.05. The molecule has 1 saturated heterocycles. The number of aryl methyl sites for hydroxylation is 3. The van der Waals surface area contributed by atoms with Gasteiger partial charge in [-0.2, -0.15) is 0 Å². The third kappa shape index (κ3) is 2.80. The standard InChI is InChI=1S/C20H22N2O2/c1-12-8-9-14(3)18(10-12)22-19(23)11-17(20(22)24)21-16-7-5-6-13(2)15(16)4/h5-10,17,21H,11H2,1-4H3/t17-/m0/s1. The van der Waals surface area contributed by atoms with E-state index in [2.05, 4.69) is 5.32 Å². The van der Waals surface area contributed by atoms with Crippen molar-refractivity contribution < 1.29 is 9.59 Å². The van der Waals surface area contributed by atoms with Gasteiger partial charge in [0.25, 0.3) is 5.91 Å². The highest BCUT2D eigenvalue weighted by atomic mass is 16.2. The number of hydrogen-bond donors (Lipinski definition) is 1. The van der Waals surface area contributed by atoms with E-state index in [0.29, 0.717) is 5.69 Å². The maximum atomic E-state index is 12.8. The molecule has 2 aromatic rings. The Morgan fingerprint density at radius 2 is 1.75 bits per heavy atom. The number of imide groups is 1. The van der Waals surface area contributed by atoms with Crippen molar-refractivity contribution in [3.63, 3.8) is 0 Å². The molecule has 1 atom stereocenters. The molecular weight excluding hydrogens is 300 g/mol. The summed E-state index contributed by atoms with van der Waals surface area (Å²) in [5.41, 5.74) is 5.81. The van der Waals surface area contributed by atoms with Gasteiger partial charge < -0.3 is 5.32 Å². The van der Waals surface area contributed by atoms with Crippen LogP contribution in [0.3, 0.4) is 0 Å². The Hall–Kier alpha value is -2.62. The molecule has 1 heterocycles. The predicted octanol–water partition coefficient (Wildman–Crippen LogP) is 3.66. The Balaban J connectivity index is 1.89. The fraction of sp³-hybridized carbons (Fsp3) is 0.300. The minimum Gasteiger partial charge on any atom is -0.373 e. The highest BCUT2D eigenvalue weighted by Gasteiger charge is 2.40. The molecule has 124 valence electrons. The summed E-state index contributed by atoms with van der Waals surface area (Å²) in [6, 6.07) is 11.2. The SMILES string of the molecule is Cc1ccc(C)c(N2C(=O)C[C@H](Nc3cccc(C)c3C)C2=O)c1. The maximum Gasteiger partial charge on any atom is 0.256 e. The van der Waals surface area contributed by atoms with Gasteiger partial charge in [-0.1, -0.05) is 24.3 Å². The van der Waals surface area contributed by atoms with Crippen LogP contribution in [0.4, 0.5) is 11.4 Å². The zero-order valence-electron chi connectivity index (χ0n) is 14.5. The minimum absolute atomic E-state index is 0.156. The van der Waals surface area contributed by atoms with Crippen LogP contribution in [0.5, 0.6) is 0 Å². The van der Waals surface area contributed by atoms with Crippen molar-refractivity contribution in [1.82, 2.24) is 0 Å². The zero-order chi connectivity index (χ0) is 17.4. The number of anilines is 2. The van der Waals surface area contributed by atoms with Crippen molar-refractivity contribution in [1.29, 1.82) is 0 Å². The summed E-state index contributed by atoms with van der Waals surface area (Å²) >= 11 is 0. The third-order valence-electron chi connectivity index (χ3n) is 4.69. The summed E-state index contributed by atoms with van der Waals surface area (Å²) in [6.07, 6.45) is 0.180. The number of benzene rings is 2. The van der Waals surface area contributed by atoms with E-state index in [9.17, 15) is 9.59 Å². The van der Waals surface area contributed by atoms with Crippen LogP contribution >= 0.6 is 0 Å². The lowest BCUT2D eigenvalue weighted by Crippen LogP contribution is -2.35. The van der Waals surface area contributed by atoms with Crippen molar-refractivity contribution >= 4 is 23.2 Å². The van der Waals surface area contributed by atoms with Gasteiger partial charge in [0.2, 0.25) is 5.91 Å². The molecular formula is C20H22N2O2. The Morgan fingerprint density at radius 3 is 2.50 bits per heavy atom. The Kier molecular flexibility index (Phi) is 4.14. The first-order valence-corrected chi connectivity index (χ1v) is 8.15. The molecule has 4 heteroatoms. The molecule has 24 heavy (non-hydrogen) atoms. The van der Waals surface area contributed by atoms with Crippen molar-refractivity contribution in [2.45, 2.75) is 40.2 Å². The lowest BCUT2D eigenvalue weighted by atomic mass is 10.1. The third-order valence-corrected chi connectivity index (χ3v) is 4.69. The minimum atomic E-state index is -0.516. The van der Waals surface area contributed by atoms with E-state index >= 15 is 0 Å². The summed E-state index contributed by atoms with van der Waals surface area (Å²) < 4.78 is 0. The van der Waals surface area contributed by atoms with Gasteiger partial charge in [0.05, 0.1) is 12.1 Å². The molecule has 2 aromatic carbocycles. The molecule has 4 nitrogen and oxygen atoms in total. The Bertz CT molecular complexity index is 826. The van der Waals surface area contributed by atoms with E-state index in [1.165, 1.54) is 4.90 Å². The molecule has 1 fully saturated rings. The van der Waals surface area contributed by atoms with Crippen molar-refractivity contribution in [3.05, 3.63) is 58.7 Å². The molecule has 0 spiro atoms.